The molecule has 9 nitrogen and oxygen atoms in total. The number of rotatable bonds is 4. The van der Waals surface area contributed by atoms with E-state index < -0.39 is 0 Å². The summed E-state index contributed by atoms with van der Waals surface area (Å²) in [6.07, 6.45) is 6.39. The number of nitrogens with one attached hydrogen (secondary N) is 1. The third-order valence-electron chi connectivity index (χ3n) is 6.88. The van der Waals surface area contributed by atoms with E-state index in [1.165, 1.54) is 0 Å². The van der Waals surface area contributed by atoms with Gasteiger partial charge in [0, 0.05) is 52.0 Å². The number of hydrogen-bond donors (Lipinski definition) is 1. The van der Waals surface area contributed by atoms with Gasteiger partial charge in [0.15, 0.2) is 0 Å². The molecule has 2 atom stereocenters. The number of ether oxygens (including phenoxy) is 1. The van der Waals surface area contributed by atoms with E-state index in [-0.39, 0.29) is 18.2 Å². The quantitative estimate of drug-likeness (QED) is 0.811. The first-order valence-electron chi connectivity index (χ1n) is 11.1. The lowest BCUT2D eigenvalue weighted by Crippen LogP contribution is -2.52. The zero-order valence-electron chi connectivity index (χ0n) is 17.7. The molecular formula is C21H31N7O2. The highest BCUT2D eigenvalue weighted by Crippen LogP contribution is 2.36. The molecule has 0 radical (unpaired) electrons. The van der Waals surface area contributed by atoms with Crippen LogP contribution in [0.25, 0.3) is 11.0 Å². The fraction of sp³-hybridized carbons (Fsp3) is 0.667. The molecule has 3 fully saturated rings. The normalized spacial score (nSPS) is 25.6. The molecule has 1 N–H and O–H groups in total. The Morgan fingerprint density at radius 2 is 2.00 bits per heavy atom. The van der Waals surface area contributed by atoms with E-state index in [0.717, 1.165) is 81.9 Å². The van der Waals surface area contributed by atoms with Gasteiger partial charge in [0.1, 0.15) is 24.4 Å². The van der Waals surface area contributed by atoms with E-state index in [2.05, 4.69) is 36.7 Å². The van der Waals surface area contributed by atoms with Crippen LogP contribution in [-0.4, -0.2) is 107 Å². The zero-order valence-corrected chi connectivity index (χ0v) is 17.7. The van der Waals surface area contributed by atoms with E-state index in [9.17, 15) is 4.79 Å². The first-order valence-corrected chi connectivity index (χ1v) is 11.1. The number of carbonyl (C=O) groups is 1. The molecule has 0 bridgehead atoms. The highest BCUT2D eigenvalue weighted by molar-refractivity contribution is 5.87. The number of piperidine rings is 1. The Bertz CT molecular complexity index is 879. The van der Waals surface area contributed by atoms with Crippen LogP contribution >= 0.6 is 0 Å². The van der Waals surface area contributed by atoms with E-state index in [1.807, 2.05) is 17.2 Å². The molecule has 0 saturated carbocycles. The van der Waals surface area contributed by atoms with Crippen molar-refractivity contribution in [1.29, 1.82) is 0 Å². The Hall–Kier alpha value is -2.39. The second kappa shape index (κ2) is 8.39. The van der Waals surface area contributed by atoms with Crippen LogP contribution in [0, 0.1) is 0 Å². The van der Waals surface area contributed by atoms with Crippen LogP contribution in [0.3, 0.4) is 0 Å². The number of fused-ring (bicyclic) bond motifs is 2. The number of likely N-dealkylation sites (N-methyl/N-ethyl adjacent to an activating group) is 1. The Balaban J connectivity index is 1.21. The molecule has 2 aromatic heterocycles. The number of hydrogen-bond acceptors (Lipinski definition) is 7. The van der Waals surface area contributed by atoms with Crippen molar-refractivity contribution in [3.63, 3.8) is 0 Å². The Labute approximate surface area is 177 Å². The minimum Gasteiger partial charge on any atom is -0.448 e. The van der Waals surface area contributed by atoms with E-state index in [1.54, 1.807) is 6.33 Å². The van der Waals surface area contributed by atoms with Crippen molar-refractivity contribution in [2.75, 3.05) is 64.4 Å². The third kappa shape index (κ3) is 3.72. The summed E-state index contributed by atoms with van der Waals surface area (Å²) < 4.78 is 5.70. The van der Waals surface area contributed by atoms with Crippen molar-refractivity contribution in [2.45, 2.75) is 31.3 Å². The summed E-state index contributed by atoms with van der Waals surface area (Å²) in [4.78, 5) is 34.0. The van der Waals surface area contributed by atoms with Crippen molar-refractivity contribution in [3.8, 4) is 0 Å². The minimum absolute atomic E-state index is 0.157. The Morgan fingerprint density at radius 1 is 1.13 bits per heavy atom. The maximum Gasteiger partial charge on any atom is 0.410 e. The predicted molar refractivity (Wildman–Crippen MR) is 115 cm³/mol. The second-order valence-corrected chi connectivity index (χ2v) is 8.65. The summed E-state index contributed by atoms with van der Waals surface area (Å²) in [5.74, 6) is 0.971. The number of likely N-dealkylation sites (tertiary alicyclic amines) is 1. The average Bonchev–Trinajstić information content (AvgIpc) is 3.41. The summed E-state index contributed by atoms with van der Waals surface area (Å²) in [6, 6.07) is 2.52. The number of H-pyrrole nitrogens is 1. The van der Waals surface area contributed by atoms with Crippen LogP contribution < -0.4 is 4.90 Å². The topological polar surface area (TPSA) is 80.8 Å². The number of aromatic nitrogens is 3. The molecule has 5 heterocycles. The van der Waals surface area contributed by atoms with Crippen LogP contribution in [0.15, 0.2) is 18.6 Å². The maximum atomic E-state index is 12.9. The molecule has 2 aromatic rings. The van der Waals surface area contributed by atoms with Crippen LogP contribution in [0.2, 0.25) is 0 Å². The number of piperazine rings is 1. The van der Waals surface area contributed by atoms with Gasteiger partial charge in [-0.2, -0.15) is 0 Å². The third-order valence-corrected chi connectivity index (χ3v) is 6.88. The van der Waals surface area contributed by atoms with Gasteiger partial charge in [0.2, 0.25) is 0 Å². The van der Waals surface area contributed by atoms with E-state index in [4.69, 9.17) is 4.74 Å². The van der Waals surface area contributed by atoms with Crippen molar-refractivity contribution < 1.29 is 9.53 Å². The van der Waals surface area contributed by atoms with Crippen molar-refractivity contribution >= 4 is 22.9 Å². The first kappa shape index (κ1) is 19.6. The van der Waals surface area contributed by atoms with Gasteiger partial charge in [0.05, 0.1) is 17.5 Å². The van der Waals surface area contributed by atoms with Gasteiger partial charge >= 0.3 is 6.09 Å². The van der Waals surface area contributed by atoms with Crippen molar-refractivity contribution in [1.82, 2.24) is 29.7 Å². The number of amides is 1. The monoisotopic (exact) mass is 413 g/mol. The van der Waals surface area contributed by atoms with Gasteiger partial charge in [0.25, 0.3) is 0 Å². The fourth-order valence-corrected chi connectivity index (χ4v) is 5.18. The number of nitrogens with zero attached hydrogens (tertiary/aromatic N) is 6. The molecule has 0 spiro atoms. The molecule has 3 saturated heterocycles. The standard InChI is InChI=1S/C21H31N7O2/c1-25-9-11-26(12-10-25)13-14-30-21(29)28-7-2-3-17-18(28)5-8-27(17)20-16-4-6-22-19(16)23-15-24-20/h4,6,15,17-18H,2-3,5,7-14H2,1H3,(H,22,23,24)/t17-,18-/m1/s1. The smallest absolute Gasteiger partial charge is 0.410 e. The lowest BCUT2D eigenvalue weighted by Gasteiger charge is -2.39. The first-order chi connectivity index (χ1) is 14.7. The van der Waals surface area contributed by atoms with E-state index in [0.29, 0.717) is 6.61 Å². The highest BCUT2D eigenvalue weighted by Gasteiger charge is 2.43. The molecule has 3 aliphatic heterocycles. The molecule has 5 rings (SSSR count). The van der Waals surface area contributed by atoms with Crippen LogP contribution in [0.1, 0.15) is 19.3 Å². The van der Waals surface area contributed by atoms with Crippen LogP contribution in [-0.2, 0) is 4.74 Å². The Morgan fingerprint density at radius 3 is 2.87 bits per heavy atom. The summed E-state index contributed by atoms with van der Waals surface area (Å²) >= 11 is 0. The lowest BCUT2D eigenvalue weighted by atomic mass is 9.97. The summed E-state index contributed by atoms with van der Waals surface area (Å²) in [5, 5.41) is 1.05. The summed E-state index contributed by atoms with van der Waals surface area (Å²) in [7, 11) is 2.15. The van der Waals surface area contributed by atoms with Gasteiger partial charge in [-0.25, -0.2) is 14.8 Å². The van der Waals surface area contributed by atoms with E-state index >= 15 is 0 Å². The molecular weight excluding hydrogens is 382 g/mol. The molecule has 30 heavy (non-hydrogen) atoms. The number of carbonyl (C=O) groups excluding carboxylic acids is 1. The minimum atomic E-state index is -0.157. The Kier molecular flexibility index (Phi) is 5.47. The fourth-order valence-electron chi connectivity index (χ4n) is 5.18. The molecule has 1 amide bonds. The molecule has 0 aromatic carbocycles. The number of anilines is 1. The molecule has 3 aliphatic rings. The summed E-state index contributed by atoms with van der Waals surface area (Å²) in [6.45, 7) is 7.22. The second-order valence-electron chi connectivity index (χ2n) is 8.65. The van der Waals surface area contributed by atoms with Gasteiger partial charge in [-0.1, -0.05) is 0 Å². The largest absolute Gasteiger partial charge is 0.448 e. The maximum absolute atomic E-state index is 12.9. The predicted octanol–water partition coefficient (Wildman–Crippen LogP) is 1.39. The molecule has 0 unspecified atom stereocenters. The van der Waals surface area contributed by atoms with Gasteiger partial charge in [-0.15, -0.1) is 0 Å². The molecule has 162 valence electrons. The number of aromatic amines is 1. The van der Waals surface area contributed by atoms with Gasteiger partial charge in [-0.3, -0.25) is 4.90 Å². The lowest BCUT2D eigenvalue weighted by molar-refractivity contribution is 0.0585. The van der Waals surface area contributed by atoms with Gasteiger partial charge in [-0.05, 0) is 32.4 Å². The zero-order chi connectivity index (χ0) is 20.5. The molecule has 0 aliphatic carbocycles. The highest BCUT2D eigenvalue weighted by atomic mass is 16.6. The molecule has 9 heteroatoms. The SMILES string of the molecule is CN1CCN(CCOC(=O)N2CCC[C@@H]3[C@H]2CCN3c2ncnc3[nH]ccc23)CC1. The van der Waals surface area contributed by atoms with Crippen molar-refractivity contribution in [3.05, 3.63) is 18.6 Å². The van der Waals surface area contributed by atoms with Gasteiger partial charge < -0.3 is 24.4 Å². The van der Waals surface area contributed by atoms with Crippen LogP contribution in [0.5, 0.6) is 0 Å². The average molecular weight is 414 g/mol. The van der Waals surface area contributed by atoms with Crippen LogP contribution in [0.4, 0.5) is 10.6 Å². The summed E-state index contributed by atoms with van der Waals surface area (Å²) in [5.41, 5.74) is 0.861. The van der Waals surface area contributed by atoms with Crippen molar-refractivity contribution in [2.24, 2.45) is 0 Å².